The van der Waals surface area contributed by atoms with Crippen LogP contribution in [0.5, 0.6) is 0 Å². The number of esters is 1. The van der Waals surface area contributed by atoms with E-state index in [1.54, 1.807) is 0 Å². The van der Waals surface area contributed by atoms with Gasteiger partial charge in [-0.3, -0.25) is 4.79 Å². The van der Waals surface area contributed by atoms with Crippen LogP contribution in [0, 0.1) is 5.92 Å². The SMILES string of the molecule is C[C@@H]1CCCC[C@@H]1NC(=O)COC(=O)c1cnc(Cl)c(Cl)c1. The molecule has 1 N–H and O–H groups in total. The van der Waals surface area contributed by atoms with Crippen molar-refractivity contribution in [3.05, 3.63) is 28.0 Å². The molecule has 1 heterocycles. The molecule has 0 unspecified atom stereocenters. The lowest BCUT2D eigenvalue weighted by molar-refractivity contribution is -0.125. The molecular weight excluding hydrogens is 327 g/mol. The third-order valence-corrected chi connectivity index (χ3v) is 4.51. The van der Waals surface area contributed by atoms with Gasteiger partial charge in [0.15, 0.2) is 6.61 Å². The quantitative estimate of drug-likeness (QED) is 0.672. The van der Waals surface area contributed by atoms with Gasteiger partial charge >= 0.3 is 5.97 Å². The Balaban J connectivity index is 1.82. The Hall–Kier alpha value is -1.33. The number of rotatable bonds is 4. The van der Waals surface area contributed by atoms with Gasteiger partial charge in [0, 0.05) is 12.2 Å². The lowest BCUT2D eigenvalue weighted by Gasteiger charge is -2.29. The minimum atomic E-state index is -0.655. The van der Waals surface area contributed by atoms with Gasteiger partial charge in [0.2, 0.25) is 0 Å². The average molecular weight is 345 g/mol. The van der Waals surface area contributed by atoms with Gasteiger partial charge in [-0.1, -0.05) is 43.0 Å². The predicted octanol–water partition coefficient (Wildman–Crippen LogP) is 3.24. The highest BCUT2D eigenvalue weighted by Crippen LogP contribution is 2.23. The summed E-state index contributed by atoms with van der Waals surface area (Å²) < 4.78 is 4.97. The number of halogens is 2. The van der Waals surface area contributed by atoms with E-state index in [0.29, 0.717) is 5.92 Å². The first-order valence-electron chi connectivity index (χ1n) is 7.25. The zero-order chi connectivity index (χ0) is 16.1. The Kier molecular flexibility index (Phi) is 6.03. The van der Waals surface area contributed by atoms with Crippen molar-refractivity contribution >= 4 is 35.1 Å². The topological polar surface area (TPSA) is 68.3 Å². The van der Waals surface area contributed by atoms with Gasteiger partial charge in [-0.15, -0.1) is 0 Å². The Bertz CT molecular complexity index is 566. The van der Waals surface area contributed by atoms with Crippen molar-refractivity contribution in [1.82, 2.24) is 10.3 Å². The maximum absolute atomic E-state index is 11.9. The van der Waals surface area contributed by atoms with Crippen molar-refractivity contribution in [1.29, 1.82) is 0 Å². The van der Waals surface area contributed by atoms with Gasteiger partial charge in [-0.2, -0.15) is 0 Å². The number of nitrogens with zero attached hydrogens (tertiary/aromatic N) is 1. The lowest BCUT2D eigenvalue weighted by Crippen LogP contribution is -2.42. The summed E-state index contributed by atoms with van der Waals surface area (Å²) in [5.74, 6) is -0.495. The Morgan fingerprint density at radius 1 is 1.36 bits per heavy atom. The second-order valence-corrected chi connectivity index (χ2v) is 6.27. The van der Waals surface area contributed by atoms with Gasteiger partial charge in [0.05, 0.1) is 10.6 Å². The van der Waals surface area contributed by atoms with Crippen LogP contribution < -0.4 is 5.32 Å². The molecule has 1 aliphatic rings. The third-order valence-electron chi connectivity index (χ3n) is 3.82. The zero-order valence-electron chi connectivity index (χ0n) is 12.3. The maximum Gasteiger partial charge on any atom is 0.340 e. The van der Waals surface area contributed by atoms with Gasteiger partial charge in [-0.05, 0) is 24.8 Å². The summed E-state index contributed by atoms with van der Waals surface area (Å²) in [5, 5.41) is 3.19. The molecule has 0 saturated heterocycles. The standard InChI is InChI=1S/C15H18Cl2N2O3/c1-9-4-2-3-5-12(9)19-13(20)8-22-15(21)10-6-11(16)14(17)18-7-10/h6-7,9,12H,2-5,8H2,1H3,(H,19,20)/t9-,12+/m1/s1. The molecule has 1 aromatic rings. The molecule has 7 heteroatoms. The molecule has 0 bridgehead atoms. The van der Waals surface area contributed by atoms with Crippen LogP contribution in [0.4, 0.5) is 0 Å². The van der Waals surface area contributed by atoms with Crippen LogP contribution in [0.25, 0.3) is 0 Å². The molecule has 5 nitrogen and oxygen atoms in total. The predicted molar refractivity (Wildman–Crippen MR) is 84.1 cm³/mol. The summed E-state index contributed by atoms with van der Waals surface area (Å²) in [6.07, 6.45) is 5.66. The van der Waals surface area contributed by atoms with E-state index in [9.17, 15) is 9.59 Å². The van der Waals surface area contributed by atoms with E-state index in [2.05, 4.69) is 17.2 Å². The molecule has 1 fully saturated rings. The molecular formula is C15H18Cl2N2O3. The summed E-state index contributed by atoms with van der Waals surface area (Å²) in [6, 6.07) is 1.52. The van der Waals surface area contributed by atoms with Gasteiger partial charge in [-0.25, -0.2) is 9.78 Å². The van der Waals surface area contributed by atoms with Crippen LogP contribution in [0.2, 0.25) is 10.2 Å². The lowest BCUT2D eigenvalue weighted by atomic mass is 9.86. The highest BCUT2D eigenvalue weighted by molar-refractivity contribution is 6.41. The summed E-state index contributed by atoms with van der Waals surface area (Å²) in [7, 11) is 0. The molecule has 120 valence electrons. The number of aromatic nitrogens is 1. The summed E-state index contributed by atoms with van der Waals surface area (Å²) in [5.41, 5.74) is 0.160. The molecule has 2 atom stereocenters. The Labute approximate surface area is 139 Å². The third kappa shape index (κ3) is 4.58. The van der Waals surface area contributed by atoms with Crippen LogP contribution >= 0.6 is 23.2 Å². The highest BCUT2D eigenvalue weighted by Gasteiger charge is 2.23. The second kappa shape index (κ2) is 7.79. The van der Waals surface area contributed by atoms with Crippen LogP contribution in [0.1, 0.15) is 43.0 Å². The summed E-state index contributed by atoms with van der Waals surface area (Å²) in [4.78, 5) is 27.5. The first-order valence-corrected chi connectivity index (χ1v) is 8.00. The Morgan fingerprint density at radius 2 is 2.09 bits per heavy atom. The minimum absolute atomic E-state index is 0.113. The van der Waals surface area contributed by atoms with Gasteiger partial charge in [0.1, 0.15) is 5.15 Å². The molecule has 0 spiro atoms. The average Bonchev–Trinajstić information content (AvgIpc) is 2.50. The number of ether oxygens (including phenoxy) is 1. The van der Waals surface area contributed by atoms with E-state index in [4.69, 9.17) is 27.9 Å². The van der Waals surface area contributed by atoms with Gasteiger partial charge < -0.3 is 10.1 Å². The van der Waals surface area contributed by atoms with Crippen LogP contribution in [0.3, 0.4) is 0 Å². The summed E-state index contributed by atoms with van der Waals surface area (Å²) >= 11 is 11.5. The van der Waals surface area contributed by atoms with Crippen molar-refractivity contribution in [3.63, 3.8) is 0 Å². The fourth-order valence-corrected chi connectivity index (χ4v) is 2.80. The fraction of sp³-hybridized carbons (Fsp3) is 0.533. The molecule has 1 aliphatic carbocycles. The number of hydrogen-bond donors (Lipinski definition) is 1. The van der Waals surface area contributed by atoms with Crippen molar-refractivity contribution in [2.45, 2.75) is 38.6 Å². The molecule has 0 radical (unpaired) electrons. The number of nitrogens with one attached hydrogen (secondary N) is 1. The van der Waals surface area contributed by atoms with Crippen molar-refractivity contribution in [2.24, 2.45) is 5.92 Å². The van der Waals surface area contributed by atoms with E-state index in [-0.39, 0.29) is 34.3 Å². The van der Waals surface area contributed by atoms with Crippen molar-refractivity contribution in [3.8, 4) is 0 Å². The highest BCUT2D eigenvalue weighted by atomic mass is 35.5. The fourth-order valence-electron chi connectivity index (χ4n) is 2.53. The van der Waals surface area contributed by atoms with E-state index >= 15 is 0 Å². The smallest absolute Gasteiger partial charge is 0.340 e. The van der Waals surface area contributed by atoms with Crippen LogP contribution in [-0.2, 0) is 9.53 Å². The zero-order valence-corrected chi connectivity index (χ0v) is 13.8. The molecule has 0 aromatic carbocycles. The molecule has 1 amide bonds. The first-order chi connectivity index (χ1) is 10.5. The van der Waals surface area contributed by atoms with E-state index in [0.717, 1.165) is 19.3 Å². The first kappa shape index (κ1) is 17.0. The second-order valence-electron chi connectivity index (χ2n) is 5.51. The van der Waals surface area contributed by atoms with Crippen molar-refractivity contribution in [2.75, 3.05) is 6.61 Å². The van der Waals surface area contributed by atoms with E-state index < -0.39 is 5.97 Å². The number of carbonyl (C=O) groups is 2. The van der Waals surface area contributed by atoms with Crippen LogP contribution in [-0.4, -0.2) is 29.5 Å². The largest absolute Gasteiger partial charge is 0.452 e. The monoisotopic (exact) mass is 344 g/mol. The molecule has 2 rings (SSSR count). The molecule has 22 heavy (non-hydrogen) atoms. The van der Waals surface area contributed by atoms with Crippen LogP contribution in [0.15, 0.2) is 12.3 Å². The Morgan fingerprint density at radius 3 is 2.77 bits per heavy atom. The number of amides is 1. The number of hydrogen-bond acceptors (Lipinski definition) is 4. The molecule has 1 aromatic heterocycles. The van der Waals surface area contributed by atoms with Crippen molar-refractivity contribution < 1.29 is 14.3 Å². The summed E-state index contributed by atoms with van der Waals surface area (Å²) in [6.45, 7) is 1.81. The molecule has 1 saturated carbocycles. The minimum Gasteiger partial charge on any atom is -0.452 e. The van der Waals surface area contributed by atoms with E-state index in [1.807, 2.05) is 0 Å². The number of pyridine rings is 1. The van der Waals surface area contributed by atoms with E-state index in [1.165, 1.54) is 18.7 Å². The number of carbonyl (C=O) groups excluding carboxylic acids is 2. The maximum atomic E-state index is 11.9. The van der Waals surface area contributed by atoms with Gasteiger partial charge in [0.25, 0.3) is 5.91 Å². The molecule has 0 aliphatic heterocycles. The normalized spacial score (nSPS) is 21.2.